The van der Waals surface area contributed by atoms with Gasteiger partial charge in [-0.15, -0.1) is 5.10 Å². The summed E-state index contributed by atoms with van der Waals surface area (Å²) < 4.78 is 12.3. The van der Waals surface area contributed by atoms with E-state index in [1.807, 2.05) is 73.7 Å². The van der Waals surface area contributed by atoms with Gasteiger partial charge in [0.1, 0.15) is 5.75 Å². The van der Waals surface area contributed by atoms with Gasteiger partial charge in [0.2, 0.25) is 0 Å². The number of hydrogen-bond donors (Lipinski definition) is 0. The summed E-state index contributed by atoms with van der Waals surface area (Å²) in [6.07, 6.45) is 0. The van der Waals surface area contributed by atoms with Gasteiger partial charge in [0.05, 0.1) is 18.7 Å². The van der Waals surface area contributed by atoms with Crippen molar-refractivity contribution < 1.29 is 14.3 Å². The summed E-state index contributed by atoms with van der Waals surface area (Å²) in [6, 6.07) is 21.2. The normalized spacial score (nSPS) is 11.9. The van der Waals surface area contributed by atoms with Gasteiger partial charge in [0.15, 0.2) is 12.4 Å². The minimum Gasteiger partial charge on any atom is -0.497 e. The largest absolute Gasteiger partial charge is 0.497 e. The molecule has 0 unspecified atom stereocenters. The molecule has 1 aromatic heterocycles. The molecule has 29 heavy (non-hydrogen) atoms. The zero-order valence-electron chi connectivity index (χ0n) is 16.1. The first-order valence-electron chi connectivity index (χ1n) is 9.23. The van der Waals surface area contributed by atoms with Crippen LogP contribution < -0.4 is 4.74 Å². The molecule has 0 bridgehead atoms. The number of esters is 1. The average Bonchev–Trinajstić information content (AvgIpc) is 3.25. The number of hydrogen-bond acceptors (Lipinski definition) is 6. The summed E-state index contributed by atoms with van der Waals surface area (Å²) in [7, 11) is 1.64. The Labute approximate surface area is 167 Å². The fraction of sp³-hybridized carbons (Fsp3) is 0.182. The van der Waals surface area contributed by atoms with E-state index in [4.69, 9.17) is 9.47 Å². The lowest BCUT2D eigenvalue weighted by Crippen LogP contribution is -2.15. The molecule has 0 N–H and O–H groups in total. The van der Waals surface area contributed by atoms with Crippen LogP contribution >= 0.6 is 0 Å². The van der Waals surface area contributed by atoms with Crippen molar-refractivity contribution in [3.05, 3.63) is 78.1 Å². The Morgan fingerprint density at radius 3 is 2.59 bits per heavy atom. The van der Waals surface area contributed by atoms with Gasteiger partial charge in [-0.2, -0.15) is 4.68 Å². The second kappa shape index (κ2) is 8.10. The predicted molar refractivity (Wildman–Crippen MR) is 108 cm³/mol. The predicted octanol–water partition coefficient (Wildman–Crippen LogP) is 3.67. The molecule has 0 fully saturated rings. The van der Waals surface area contributed by atoms with Crippen LogP contribution in [0, 0.1) is 0 Å². The molecule has 4 aromatic rings. The Morgan fingerprint density at radius 2 is 1.79 bits per heavy atom. The molecule has 7 heteroatoms. The number of tetrazole rings is 1. The van der Waals surface area contributed by atoms with Crippen LogP contribution in [-0.4, -0.2) is 33.3 Å². The Balaban J connectivity index is 1.47. The fourth-order valence-electron chi connectivity index (χ4n) is 3.10. The van der Waals surface area contributed by atoms with Gasteiger partial charge in [-0.05, 0) is 58.0 Å². The summed E-state index contributed by atoms with van der Waals surface area (Å²) in [6.45, 7) is 1.82. The zero-order chi connectivity index (χ0) is 20.2. The second-order valence-corrected chi connectivity index (χ2v) is 6.64. The Hall–Kier alpha value is -3.74. The highest BCUT2D eigenvalue weighted by atomic mass is 16.5. The van der Waals surface area contributed by atoms with Gasteiger partial charge in [-0.25, -0.2) is 0 Å². The minimum absolute atomic E-state index is 0.00412. The molecule has 0 aliphatic carbocycles. The fourth-order valence-corrected chi connectivity index (χ4v) is 3.10. The summed E-state index contributed by atoms with van der Waals surface area (Å²) in [4.78, 5) is 12.6. The van der Waals surface area contributed by atoms with Gasteiger partial charge < -0.3 is 9.47 Å². The number of para-hydroxylation sites is 1. The maximum absolute atomic E-state index is 12.6. The topological polar surface area (TPSA) is 79.1 Å². The Bertz CT molecular complexity index is 1140. The molecule has 0 saturated heterocycles. The molecule has 3 aromatic carbocycles. The van der Waals surface area contributed by atoms with Crippen LogP contribution in [0.3, 0.4) is 0 Å². The highest BCUT2D eigenvalue weighted by Gasteiger charge is 2.19. The SMILES string of the molecule is COc1ccc2cc([C@@H](C)C(=O)OCc3nnnn3-c3ccccc3)ccc2c1. The maximum atomic E-state index is 12.6. The molecular formula is C22H20N4O3. The quantitative estimate of drug-likeness (QED) is 0.469. The number of carbonyl (C=O) groups excluding carboxylic acids is 1. The van der Waals surface area contributed by atoms with Crippen LogP contribution in [0.15, 0.2) is 66.7 Å². The van der Waals surface area contributed by atoms with Crippen LogP contribution in [0.1, 0.15) is 24.2 Å². The van der Waals surface area contributed by atoms with Gasteiger partial charge in [-0.3, -0.25) is 4.79 Å². The van der Waals surface area contributed by atoms with Crippen molar-refractivity contribution in [2.24, 2.45) is 0 Å². The highest BCUT2D eigenvalue weighted by molar-refractivity contribution is 5.86. The van der Waals surface area contributed by atoms with Crippen molar-refractivity contribution in [2.45, 2.75) is 19.4 Å². The average molecular weight is 388 g/mol. The zero-order valence-corrected chi connectivity index (χ0v) is 16.1. The number of methoxy groups -OCH3 is 1. The maximum Gasteiger partial charge on any atom is 0.313 e. The standard InChI is InChI=1S/C22H20N4O3/c1-15(16-8-9-18-13-20(28-2)11-10-17(18)12-16)22(27)29-14-21-23-24-25-26(21)19-6-4-3-5-7-19/h3-13,15H,14H2,1-2H3/t15-/m1/s1. The first-order valence-corrected chi connectivity index (χ1v) is 9.23. The van der Waals surface area contributed by atoms with Crippen molar-refractivity contribution in [1.29, 1.82) is 0 Å². The minimum atomic E-state index is -0.414. The van der Waals surface area contributed by atoms with E-state index in [9.17, 15) is 4.79 Å². The van der Waals surface area contributed by atoms with E-state index in [1.54, 1.807) is 11.8 Å². The van der Waals surface area contributed by atoms with Gasteiger partial charge in [0.25, 0.3) is 0 Å². The smallest absolute Gasteiger partial charge is 0.313 e. The van der Waals surface area contributed by atoms with Crippen LogP contribution in [0.5, 0.6) is 5.75 Å². The van der Waals surface area contributed by atoms with Gasteiger partial charge in [0, 0.05) is 0 Å². The second-order valence-electron chi connectivity index (χ2n) is 6.64. The van der Waals surface area contributed by atoms with Crippen molar-refractivity contribution in [3.8, 4) is 11.4 Å². The van der Waals surface area contributed by atoms with Crippen molar-refractivity contribution in [1.82, 2.24) is 20.2 Å². The number of carbonyl (C=O) groups is 1. The third-order valence-electron chi connectivity index (χ3n) is 4.80. The number of fused-ring (bicyclic) bond motifs is 1. The van der Waals surface area contributed by atoms with E-state index in [1.165, 1.54) is 0 Å². The van der Waals surface area contributed by atoms with Gasteiger partial charge in [-0.1, -0.05) is 42.5 Å². The van der Waals surface area contributed by atoms with Gasteiger partial charge >= 0.3 is 5.97 Å². The molecule has 7 nitrogen and oxygen atoms in total. The van der Waals surface area contributed by atoms with E-state index < -0.39 is 5.92 Å². The van der Waals surface area contributed by atoms with Crippen molar-refractivity contribution >= 4 is 16.7 Å². The first-order chi connectivity index (χ1) is 14.2. The van der Waals surface area contributed by atoms with Crippen LogP contribution in [0.25, 0.3) is 16.5 Å². The molecule has 1 atom stereocenters. The first kappa shape index (κ1) is 18.6. The lowest BCUT2D eigenvalue weighted by atomic mass is 9.98. The number of rotatable bonds is 6. The Morgan fingerprint density at radius 1 is 1.03 bits per heavy atom. The molecule has 0 spiro atoms. The lowest BCUT2D eigenvalue weighted by molar-refractivity contribution is -0.146. The monoisotopic (exact) mass is 388 g/mol. The molecule has 4 rings (SSSR count). The van der Waals surface area contributed by atoms with E-state index in [0.29, 0.717) is 5.82 Å². The molecule has 0 saturated carbocycles. The summed E-state index contributed by atoms with van der Waals surface area (Å²) in [5, 5.41) is 13.7. The number of nitrogens with zero attached hydrogens (tertiary/aromatic N) is 4. The molecule has 146 valence electrons. The van der Waals surface area contributed by atoms with Crippen LogP contribution in [0.4, 0.5) is 0 Å². The molecular weight excluding hydrogens is 368 g/mol. The van der Waals surface area contributed by atoms with Crippen molar-refractivity contribution in [2.75, 3.05) is 7.11 Å². The van der Waals surface area contributed by atoms with Crippen LogP contribution in [-0.2, 0) is 16.1 Å². The number of aromatic nitrogens is 4. The number of ether oxygens (including phenoxy) is 2. The summed E-state index contributed by atoms with van der Waals surface area (Å²) in [5.74, 6) is 0.513. The van der Waals surface area contributed by atoms with Crippen molar-refractivity contribution in [3.63, 3.8) is 0 Å². The summed E-state index contributed by atoms with van der Waals surface area (Å²) in [5.41, 5.74) is 1.69. The van der Waals surface area contributed by atoms with E-state index in [2.05, 4.69) is 15.5 Å². The summed E-state index contributed by atoms with van der Waals surface area (Å²) >= 11 is 0. The molecule has 0 amide bonds. The molecule has 0 aliphatic heterocycles. The van der Waals surface area contributed by atoms with E-state index >= 15 is 0 Å². The lowest BCUT2D eigenvalue weighted by Gasteiger charge is -2.13. The molecule has 0 aliphatic rings. The molecule has 0 radical (unpaired) electrons. The third kappa shape index (κ3) is 3.94. The number of benzene rings is 3. The van der Waals surface area contributed by atoms with Crippen LogP contribution in [0.2, 0.25) is 0 Å². The molecule has 1 heterocycles. The van der Waals surface area contributed by atoms with E-state index in [0.717, 1.165) is 27.8 Å². The van der Waals surface area contributed by atoms with E-state index in [-0.39, 0.29) is 12.6 Å². The Kier molecular flexibility index (Phi) is 5.20. The third-order valence-corrected chi connectivity index (χ3v) is 4.80. The highest BCUT2D eigenvalue weighted by Crippen LogP contribution is 2.26.